The first-order chi connectivity index (χ1) is 13.0. The molecule has 27 heavy (non-hydrogen) atoms. The number of nitrogens with two attached hydrogens (primary N) is 1. The summed E-state index contributed by atoms with van der Waals surface area (Å²) in [6, 6.07) is 13.6. The van der Waals surface area contributed by atoms with Crippen LogP contribution in [0.2, 0.25) is 0 Å². The number of benzene rings is 2. The zero-order chi connectivity index (χ0) is 19.1. The summed E-state index contributed by atoms with van der Waals surface area (Å²) < 4.78 is 14.5. The number of carbonyl (C=O) groups excluding carboxylic acids is 1. The molecule has 2 aromatic rings. The van der Waals surface area contributed by atoms with Gasteiger partial charge in [0.25, 0.3) is 0 Å². The van der Waals surface area contributed by atoms with E-state index in [2.05, 4.69) is 30.0 Å². The van der Waals surface area contributed by atoms with Crippen molar-refractivity contribution >= 4 is 5.91 Å². The van der Waals surface area contributed by atoms with E-state index in [1.165, 1.54) is 5.56 Å². The zero-order valence-electron chi connectivity index (χ0n) is 15.9. The summed E-state index contributed by atoms with van der Waals surface area (Å²) in [5, 5.41) is 0. The molecule has 1 amide bonds. The second-order valence-corrected chi connectivity index (χ2v) is 7.94. The number of likely N-dealkylation sites (N-methyl/N-ethyl adjacent to an activating group) is 1. The number of nitrogens with zero attached hydrogens (tertiary/aromatic N) is 2. The molecular weight excluding hydrogens is 341 g/mol. The van der Waals surface area contributed by atoms with Gasteiger partial charge in [0, 0.05) is 42.2 Å². The minimum absolute atomic E-state index is 0.0781. The third-order valence-corrected chi connectivity index (χ3v) is 6.21. The Labute approximate surface area is 159 Å². The molecule has 4 rings (SSSR count). The Kier molecular flexibility index (Phi) is 4.74. The molecule has 1 saturated heterocycles. The molecule has 0 aromatic heterocycles. The van der Waals surface area contributed by atoms with Gasteiger partial charge in [0.1, 0.15) is 5.82 Å². The molecule has 142 valence electrons. The first kappa shape index (κ1) is 18.1. The monoisotopic (exact) mass is 367 g/mol. The molecule has 1 aliphatic carbocycles. The molecule has 1 unspecified atom stereocenters. The Hall–Kier alpha value is -2.24. The van der Waals surface area contributed by atoms with E-state index >= 15 is 0 Å². The van der Waals surface area contributed by atoms with Gasteiger partial charge in [-0.05, 0) is 56.3 Å². The van der Waals surface area contributed by atoms with E-state index in [0.717, 1.165) is 37.1 Å². The number of amides is 1. The van der Waals surface area contributed by atoms with Crippen LogP contribution < -0.4 is 5.73 Å². The highest BCUT2D eigenvalue weighted by molar-refractivity contribution is 5.92. The van der Waals surface area contributed by atoms with Gasteiger partial charge in [-0.25, -0.2) is 4.39 Å². The predicted octanol–water partition coefficient (Wildman–Crippen LogP) is 2.94. The number of rotatable bonds is 4. The quantitative estimate of drug-likeness (QED) is 0.904. The molecule has 0 bridgehead atoms. The van der Waals surface area contributed by atoms with Crippen molar-refractivity contribution in [1.82, 2.24) is 9.80 Å². The zero-order valence-corrected chi connectivity index (χ0v) is 15.9. The normalized spacial score (nSPS) is 25.1. The maximum Gasteiger partial charge on any atom is 0.248 e. The fourth-order valence-electron chi connectivity index (χ4n) is 4.79. The summed E-state index contributed by atoms with van der Waals surface area (Å²) in [5.41, 5.74) is 9.13. The van der Waals surface area contributed by atoms with Gasteiger partial charge in [0.05, 0.1) is 0 Å². The maximum atomic E-state index is 14.5. The number of halogens is 1. The van der Waals surface area contributed by atoms with Gasteiger partial charge in [-0.15, -0.1) is 0 Å². The molecule has 0 spiro atoms. The summed E-state index contributed by atoms with van der Waals surface area (Å²) in [5.74, 6) is -0.166. The molecule has 2 N–H and O–H groups in total. The van der Waals surface area contributed by atoms with Gasteiger partial charge in [-0.2, -0.15) is 0 Å². The van der Waals surface area contributed by atoms with E-state index in [-0.39, 0.29) is 11.9 Å². The third-order valence-electron chi connectivity index (χ3n) is 6.21. The fourth-order valence-corrected chi connectivity index (χ4v) is 4.79. The van der Waals surface area contributed by atoms with Crippen molar-refractivity contribution in [3.8, 4) is 0 Å². The summed E-state index contributed by atoms with van der Waals surface area (Å²) in [4.78, 5) is 16.0. The molecule has 2 aliphatic rings. The standard InChI is InChI=1S/C22H26FN3O/c1-25(2)20-13-26(19-11-10-15-4-3-5-18(23)21(15)19)12-17(20)14-6-8-16(9-7-14)22(24)27/h3-9,17,19-20H,10-13H2,1-2H3,(H2,24,27)/t17-,19?,20+/m0/s1. The molecular formula is C22H26FN3O. The smallest absolute Gasteiger partial charge is 0.248 e. The highest BCUT2D eigenvalue weighted by Gasteiger charge is 2.41. The fraction of sp³-hybridized carbons (Fsp3) is 0.409. The van der Waals surface area contributed by atoms with Crippen LogP contribution in [-0.2, 0) is 6.42 Å². The number of likely N-dealkylation sites (tertiary alicyclic amines) is 1. The van der Waals surface area contributed by atoms with Crippen LogP contribution >= 0.6 is 0 Å². The highest BCUT2D eigenvalue weighted by atomic mass is 19.1. The lowest BCUT2D eigenvalue weighted by molar-refractivity contribution is 0.100. The molecule has 1 fully saturated rings. The number of aryl methyl sites for hydroxylation is 1. The van der Waals surface area contributed by atoms with E-state index in [1.54, 1.807) is 18.2 Å². The Morgan fingerprint density at radius 2 is 1.89 bits per heavy atom. The SMILES string of the molecule is CN(C)[C@@H]1CN(C2CCc3cccc(F)c32)C[C@H]1c1ccc(C(N)=O)cc1. The Morgan fingerprint density at radius 3 is 2.56 bits per heavy atom. The molecule has 0 saturated carbocycles. The molecule has 1 heterocycles. The molecule has 5 heteroatoms. The lowest BCUT2D eigenvalue weighted by atomic mass is 9.93. The minimum Gasteiger partial charge on any atom is -0.366 e. The average molecular weight is 367 g/mol. The van der Waals surface area contributed by atoms with Gasteiger partial charge < -0.3 is 10.6 Å². The van der Waals surface area contributed by atoms with Crippen molar-refractivity contribution < 1.29 is 9.18 Å². The van der Waals surface area contributed by atoms with Crippen LogP contribution in [0, 0.1) is 5.82 Å². The molecule has 2 aromatic carbocycles. The summed E-state index contributed by atoms with van der Waals surface area (Å²) in [6.45, 7) is 1.80. The highest BCUT2D eigenvalue weighted by Crippen LogP contribution is 2.42. The van der Waals surface area contributed by atoms with E-state index < -0.39 is 5.91 Å². The van der Waals surface area contributed by atoms with Crippen LogP contribution in [0.1, 0.15) is 45.4 Å². The summed E-state index contributed by atoms with van der Waals surface area (Å²) >= 11 is 0. The van der Waals surface area contributed by atoms with Gasteiger partial charge in [0.2, 0.25) is 5.91 Å². The van der Waals surface area contributed by atoms with E-state index in [0.29, 0.717) is 17.5 Å². The Morgan fingerprint density at radius 1 is 1.15 bits per heavy atom. The van der Waals surface area contributed by atoms with Crippen molar-refractivity contribution in [1.29, 1.82) is 0 Å². The van der Waals surface area contributed by atoms with Crippen LogP contribution in [0.3, 0.4) is 0 Å². The number of hydrogen-bond donors (Lipinski definition) is 1. The average Bonchev–Trinajstić information content (AvgIpc) is 3.26. The number of carbonyl (C=O) groups is 1. The van der Waals surface area contributed by atoms with Crippen LogP contribution in [0.4, 0.5) is 4.39 Å². The van der Waals surface area contributed by atoms with E-state index in [4.69, 9.17) is 5.73 Å². The largest absolute Gasteiger partial charge is 0.366 e. The predicted molar refractivity (Wildman–Crippen MR) is 104 cm³/mol. The van der Waals surface area contributed by atoms with Crippen molar-refractivity contribution in [2.24, 2.45) is 5.73 Å². The van der Waals surface area contributed by atoms with Crippen LogP contribution in [0.25, 0.3) is 0 Å². The van der Waals surface area contributed by atoms with Crippen LogP contribution in [-0.4, -0.2) is 48.9 Å². The summed E-state index contributed by atoms with van der Waals surface area (Å²) in [6.07, 6.45) is 1.92. The maximum absolute atomic E-state index is 14.5. The molecule has 0 radical (unpaired) electrons. The third kappa shape index (κ3) is 3.26. The minimum atomic E-state index is -0.406. The van der Waals surface area contributed by atoms with E-state index in [1.807, 2.05) is 18.2 Å². The Bertz CT molecular complexity index is 849. The van der Waals surface area contributed by atoms with Crippen LogP contribution in [0.5, 0.6) is 0 Å². The van der Waals surface area contributed by atoms with Gasteiger partial charge in [0.15, 0.2) is 0 Å². The first-order valence-corrected chi connectivity index (χ1v) is 9.53. The van der Waals surface area contributed by atoms with Gasteiger partial charge in [-0.3, -0.25) is 9.69 Å². The Balaban J connectivity index is 1.61. The molecule has 1 aliphatic heterocycles. The van der Waals surface area contributed by atoms with Crippen LogP contribution in [0.15, 0.2) is 42.5 Å². The van der Waals surface area contributed by atoms with Crippen molar-refractivity contribution in [3.63, 3.8) is 0 Å². The second-order valence-electron chi connectivity index (χ2n) is 7.94. The number of primary amides is 1. The van der Waals surface area contributed by atoms with Crippen molar-refractivity contribution in [2.45, 2.75) is 30.8 Å². The van der Waals surface area contributed by atoms with E-state index in [9.17, 15) is 9.18 Å². The molecule has 4 nitrogen and oxygen atoms in total. The van der Waals surface area contributed by atoms with Crippen molar-refractivity contribution in [3.05, 3.63) is 70.5 Å². The lowest BCUT2D eigenvalue weighted by Crippen LogP contribution is -2.35. The summed E-state index contributed by atoms with van der Waals surface area (Å²) in [7, 11) is 4.20. The molecule has 3 atom stereocenters. The van der Waals surface area contributed by atoms with Gasteiger partial charge in [-0.1, -0.05) is 24.3 Å². The van der Waals surface area contributed by atoms with Crippen molar-refractivity contribution in [2.75, 3.05) is 27.2 Å². The second kappa shape index (κ2) is 7.06. The number of fused-ring (bicyclic) bond motifs is 1. The first-order valence-electron chi connectivity index (χ1n) is 9.53. The lowest BCUT2D eigenvalue weighted by Gasteiger charge is -2.26. The van der Waals surface area contributed by atoms with Gasteiger partial charge >= 0.3 is 0 Å². The topological polar surface area (TPSA) is 49.6 Å². The number of hydrogen-bond acceptors (Lipinski definition) is 3.